The Balaban J connectivity index is 1.53. The quantitative estimate of drug-likeness (QED) is 0.899. The molecule has 7 heteroatoms. The van der Waals surface area contributed by atoms with Crippen molar-refractivity contribution in [3.8, 4) is 5.75 Å². The van der Waals surface area contributed by atoms with Gasteiger partial charge in [-0.2, -0.15) is 0 Å². The van der Waals surface area contributed by atoms with E-state index in [0.717, 1.165) is 12.8 Å². The average molecular weight is 348 g/mol. The fourth-order valence-corrected chi connectivity index (χ4v) is 2.77. The third-order valence-corrected chi connectivity index (χ3v) is 3.99. The highest BCUT2D eigenvalue weighted by atomic mass is 19.1. The van der Waals surface area contributed by atoms with Gasteiger partial charge in [-0.1, -0.05) is 0 Å². The summed E-state index contributed by atoms with van der Waals surface area (Å²) in [5.41, 5.74) is -0.0317. The number of halogens is 1. The van der Waals surface area contributed by atoms with E-state index in [1.54, 1.807) is 0 Å². The second-order valence-corrected chi connectivity index (χ2v) is 6.64. The maximum Gasteiger partial charge on any atom is 0.273 e. The first-order valence-corrected chi connectivity index (χ1v) is 8.19. The van der Waals surface area contributed by atoms with E-state index >= 15 is 0 Å². The zero-order chi connectivity index (χ0) is 17.9. The Morgan fingerprint density at radius 1 is 1.40 bits per heavy atom. The van der Waals surface area contributed by atoms with Crippen LogP contribution in [0.3, 0.4) is 0 Å². The first kappa shape index (κ1) is 17.4. The first-order chi connectivity index (χ1) is 11.9. The van der Waals surface area contributed by atoms with E-state index in [2.05, 4.69) is 10.3 Å². The van der Waals surface area contributed by atoms with E-state index in [1.165, 1.54) is 30.5 Å². The van der Waals surface area contributed by atoms with Gasteiger partial charge in [0.15, 0.2) is 12.3 Å². The summed E-state index contributed by atoms with van der Waals surface area (Å²) in [6.45, 7) is 4.69. The van der Waals surface area contributed by atoms with Gasteiger partial charge >= 0.3 is 0 Å². The van der Waals surface area contributed by atoms with E-state index in [9.17, 15) is 9.18 Å². The molecule has 0 radical (unpaired) electrons. The Labute approximate surface area is 145 Å². The Kier molecular flexibility index (Phi) is 5.03. The first-order valence-electron chi connectivity index (χ1n) is 8.19. The maximum absolute atomic E-state index is 12.8. The molecule has 1 aromatic carbocycles. The summed E-state index contributed by atoms with van der Waals surface area (Å²) in [7, 11) is 0. The Hall–Kier alpha value is -2.41. The van der Waals surface area contributed by atoms with Gasteiger partial charge in [-0.25, -0.2) is 9.37 Å². The number of hydrogen-bond donors (Lipinski definition) is 1. The number of rotatable bonds is 5. The number of amides is 1. The molecular formula is C18H21FN2O4. The molecule has 0 bridgehead atoms. The van der Waals surface area contributed by atoms with Crippen LogP contribution < -0.4 is 10.1 Å². The normalized spacial score (nSPS) is 19.4. The van der Waals surface area contributed by atoms with Gasteiger partial charge in [0.25, 0.3) is 5.91 Å². The lowest BCUT2D eigenvalue weighted by atomic mass is 9.94. The average Bonchev–Trinajstić information content (AvgIpc) is 3.02. The van der Waals surface area contributed by atoms with Gasteiger partial charge < -0.3 is 19.2 Å². The van der Waals surface area contributed by atoms with Crippen LogP contribution in [0, 0.1) is 5.82 Å². The topological polar surface area (TPSA) is 73.6 Å². The van der Waals surface area contributed by atoms with Crippen molar-refractivity contribution in [2.24, 2.45) is 0 Å². The molecule has 1 aromatic heterocycles. The Bertz CT molecular complexity index is 727. The number of benzene rings is 1. The minimum Gasteiger partial charge on any atom is -0.484 e. The van der Waals surface area contributed by atoms with E-state index in [4.69, 9.17) is 13.9 Å². The molecule has 6 nitrogen and oxygen atoms in total. The number of nitrogens with one attached hydrogen (secondary N) is 1. The predicted molar refractivity (Wildman–Crippen MR) is 87.8 cm³/mol. The largest absolute Gasteiger partial charge is 0.484 e. The molecule has 1 fully saturated rings. The van der Waals surface area contributed by atoms with Crippen molar-refractivity contribution in [3.05, 3.63) is 47.9 Å². The molecule has 1 saturated heterocycles. The van der Waals surface area contributed by atoms with E-state index in [0.29, 0.717) is 12.4 Å². The van der Waals surface area contributed by atoms with Crippen molar-refractivity contribution < 1.29 is 23.1 Å². The van der Waals surface area contributed by atoms with Crippen molar-refractivity contribution in [1.29, 1.82) is 0 Å². The molecule has 0 spiro atoms. The molecule has 25 heavy (non-hydrogen) atoms. The van der Waals surface area contributed by atoms with Gasteiger partial charge in [-0.05, 0) is 51.0 Å². The van der Waals surface area contributed by atoms with Crippen LogP contribution in [-0.4, -0.2) is 29.1 Å². The van der Waals surface area contributed by atoms with Crippen LogP contribution in [0.5, 0.6) is 5.75 Å². The zero-order valence-corrected chi connectivity index (χ0v) is 14.3. The van der Waals surface area contributed by atoms with Crippen molar-refractivity contribution in [1.82, 2.24) is 10.3 Å². The van der Waals surface area contributed by atoms with Gasteiger partial charge in [-0.15, -0.1) is 0 Å². The van der Waals surface area contributed by atoms with Crippen LogP contribution in [0.15, 0.2) is 34.9 Å². The zero-order valence-electron chi connectivity index (χ0n) is 14.3. The van der Waals surface area contributed by atoms with Crippen LogP contribution in [0.4, 0.5) is 4.39 Å². The summed E-state index contributed by atoms with van der Waals surface area (Å²) in [6, 6.07) is 5.68. The molecule has 1 atom stereocenters. The molecule has 2 aromatic rings. The third-order valence-electron chi connectivity index (χ3n) is 3.99. The van der Waals surface area contributed by atoms with Gasteiger partial charge in [0, 0.05) is 12.6 Å². The molecule has 0 aliphatic carbocycles. The molecule has 1 aliphatic heterocycles. The highest BCUT2D eigenvalue weighted by molar-refractivity contribution is 5.92. The second kappa shape index (κ2) is 7.23. The summed E-state index contributed by atoms with van der Waals surface area (Å²) in [6.07, 6.45) is 2.83. The van der Waals surface area contributed by atoms with Crippen molar-refractivity contribution in [2.75, 3.05) is 6.61 Å². The number of nitrogens with zero attached hydrogens (tertiary/aromatic N) is 1. The molecule has 134 valence electrons. The molecule has 0 saturated carbocycles. The summed E-state index contributed by atoms with van der Waals surface area (Å²) in [5, 5.41) is 2.96. The molecule has 0 unspecified atom stereocenters. The van der Waals surface area contributed by atoms with Crippen molar-refractivity contribution in [2.45, 2.75) is 44.9 Å². The van der Waals surface area contributed by atoms with E-state index in [1.807, 2.05) is 13.8 Å². The third kappa shape index (κ3) is 4.79. The summed E-state index contributed by atoms with van der Waals surface area (Å²) in [4.78, 5) is 16.4. The SMILES string of the molecule is CC1(C)C[C@@H](NC(=O)c2coc(COc3ccc(F)cc3)n2)CCO1. The van der Waals surface area contributed by atoms with Crippen LogP contribution in [0.25, 0.3) is 0 Å². The Morgan fingerprint density at radius 2 is 2.16 bits per heavy atom. The minimum absolute atomic E-state index is 0.0480. The highest BCUT2D eigenvalue weighted by Gasteiger charge is 2.30. The van der Waals surface area contributed by atoms with Gasteiger partial charge in [0.05, 0.1) is 5.60 Å². The number of oxazole rings is 1. The second-order valence-electron chi connectivity index (χ2n) is 6.64. The number of carbonyl (C=O) groups is 1. The highest BCUT2D eigenvalue weighted by Crippen LogP contribution is 2.24. The summed E-state index contributed by atoms with van der Waals surface area (Å²) in [5.74, 6) is 0.162. The lowest BCUT2D eigenvalue weighted by Gasteiger charge is -2.35. The number of carbonyl (C=O) groups excluding carboxylic acids is 1. The van der Waals surface area contributed by atoms with Crippen molar-refractivity contribution in [3.63, 3.8) is 0 Å². The molecule has 2 heterocycles. The van der Waals surface area contributed by atoms with Gasteiger partial charge in [0.2, 0.25) is 5.89 Å². The summed E-state index contributed by atoms with van der Waals surface area (Å²) < 4.78 is 29.2. The fourth-order valence-electron chi connectivity index (χ4n) is 2.77. The van der Waals surface area contributed by atoms with Gasteiger partial charge in [0.1, 0.15) is 17.8 Å². The van der Waals surface area contributed by atoms with Crippen LogP contribution in [0.2, 0.25) is 0 Å². The van der Waals surface area contributed by atoms with Crippen LogP contribution >= 0.6 is 0 Å². The minimum atomic E-state index is -0.335. The fraction of sp³-hybridized carbons (Fsp3) is 0.444. The van der Waals surface area contributed by atoms with Crippen molar-refractivity contribution >= 4 is 5.91 Å². The van der Waals surface area contributed by atoms with Gasteiger partial charge in [-0.3, -0.25) is 4.79 Å². The molecule has 1 aliphatic rings. The van der Waals surface area contributed by atoms with Crippen LogP contribution in [0.1, 0.15) is 43.1 Å². The predicted octanol–water partition coefficient (Wildman–Crippen LogP) is 3.08. The standard InChI is InChI=1S/C18H21FN2O4/c1-18(2)9-13(7-8-25-18)20-17(22)15-10-24-16(21-15)11-23-14-5-3-12(19)4-6-14/h3-6,10,13H,7-9,11H2,1-2H3,(H,20,22)/t13-/m0/s1. The van der Waals surface area contributed by atoms with Crippen LogP contribution in [-0.2, 0) is 11.3 Å². The lowest BCUT2D eigenvalue weighted by Crippen LogP contribution is -2.45. The lowest BCUT2D eigenvalue weighted by molar-refractivity contribution is -0.0615. The number of ether oxygens (including phenoxy) is 2. The Morgan fingerprint density at radius 3 is 2.88 bits per heavy atom. The number of aromatic nitrogens is 1. The van der Waals surface area contributed by atoms with E-state index < -0.39 is 0 Å². The smallest absolute Gasteiger partial charge is 0.273 e. The monoisotopic (exact) mass is 348 g/mol. The molecular weight excluding hydrogens is 327 g/mol. The molecule has 1 N–H and O–H groups in total. The maximum atomic E-state index is 12.8. The molecule has 3 rings (SSSR count). The van der Waals surface area contributed by atoms with E-state index in [-0.39, 0.29) is 41.6 Å². The summed E-state index contributed by atoms with van der Waals surface area (Å²) >= 11 is 0. The molecule has 1 amide bonds. The number of hydrogen-bond acceptors (Lipinski definition) is 5.